The molecule has 5 nitrogen and oxygen atoms in total. The maximum Gasteiger partial charge on any atom is 0.251 e. The van der Waals surface area contributed by atoms with Crippen LogP contribution in [0.4, 0.5) is 5.82 Å². The van der Waals surface area contributed by atoms with E-state index in [0.717, 1.165) is 17.8 Å². The Morgan fingerprint density at radius 3 is 2.81 bits per heavy atom. The number of anilines is 1. The highest BCUT2D eigenvalue weighted by atomic mass is 32.1. The first-order chi connectivity index (χ1) is 10.1. The molecule has 0 radical (unpaired) electrons. The number of nitrogens with zero attached hydrogens (tertiary/aromatic N) is 2. The van der Waals surface area contributed by atoms with Crippen molar-refractivity contribution in [2.75, 3.05) is 18.9 Å². The zero-order valence-corrected chi connectivity index (χ0v) is 13.3. The fourth-order valence-electron chi connectivity index (χ4n) is 1.87. The van der Waals surface area contributed by atoms with Gasteiger partial charge in [0, 0.05) is 36.7 Å². The molecule has 0 atom stereocenters. The number of nitrogens with one attached hydrogen (secondary N) is 2. The van der Waals surface area contributed by atoms with Gasteiger partial charge in [0.25, 0.3) is 5.91 Å². The van der Waals surface area contributed by atoms with Crippen molar-refractivity contribution in [2.24, 2.45) is 0 Å². The Kier molecular flexibility index (Phi) is 5.27. The third-order valence-electron chi connectivity index (χ3n) is 3.11. The second-order valence-electron chi connectivity index (χ2n) is 5.06. The smallest absolute Gasteiger partial charge is 0.251 e. The molecule has 2 rings (SSSR count). The van der Waals surface area contributed by atoms with Crippen molar-refractivity contribution in [3.63, 3.8) is 0 Å². The van der Waals surface area contributed by atoms with Crippen molar-refractivity contribution < 1.29 is 4.79 Å². The monoisotopic (exact) mass is 304 g/mol. The minimum absolute atomic E-state index is 0.0778. The van der Waals surface area contributed by atoms with Crippen molar-refractivity contribution >= 4 is 23.1 Å². The maximum absolute atomic E-state index is 12.2. The summed E-state index contributed by atoms with van der Waals surface area (Å²) >= 11 is 1.56. The summed E-state index contributed by atoms with van der Waals surface area (Å²) in [5.41, 5.74) is 4.35. The highest BCUT2D eigenvalue weighted by Crippen LogP contribution is 2.17. The Hall–Kier alpha value is -1.95. The summed E-state index contributed by atoms with van der Waals surface area (Å²) in [6, 6.07) is 3.62. The number of amides is 1. The van der Waals surface area contributed by atoms with Crippen molar-refractivity contribution in [3.8, 4) is 0 Å². The summed E-state index contributed by atoms with van der Waals surface area (Å²) in [6.45, 7) is 4.70. The lowest BCUT2D eigenvalue weighted by molar-refractivity contribution is 0.0954. The Labute approximate surface area is 128 Å². The standard InChI is InChI=1S/C15H20N4OS/c1-10(2)13-6-11(7-14(16-3)19-13)15(20)17-5-4-12-8-21-9-18-12/h6-10H,4-5H2,1-3H3,(H,16,19)(H,17,20). The molecule has 6 heteroatoms. The summed E-state index contributed by atoms with van der Waals surface area (Å²) in [5.74, 6) is 0.914. The molecule has 0 unspecified atom stereocenters. The third kappa shape index (κ3) is 4.26. The summed E-state index contributed by atoms with van der Waals surface area (Å²) in [5, 5.41) is 7.92. The molecule has 21 heavy (non-hydrogen) atoms. The van der Waals surface area contributed by atoms with Gasteiger partial charge in [0.1, 0.15) is 5.82 Å². The summed E-state index contributed by atoms with van der Waals surface area (Å²) in [6.07, 6.45) is 0.746. The number of thiazole rings is 1. The van der Waals surface area contributed by atoms with Gasteiger partial charge >= 0.3 is 0 Å². The van der Waals surface area contributed by atoms with Gasteiger partial charge in [0.15, 0.2) is 0 Å². The van der Waals surface area contributed by atoms with Gasteiger partial charge in [-0.1, -0.05) is 13.8 Å². The fraction of sp³-hybridized carbons (Fsp3) is 0.400. The first-order valence-corrected chi connectivity index (χ1v) is 7.89. The van der Waals surface area contributed by atoms with Crippen LogP contribution >= 0.6 is 11.3 Å². The quantitative estimate of drug-likeness (QED) is 0.861. The van der Waals surface area contributed by atoms with Crippen LogP contribution in [-0.2, 0) is 6.42 Å². The van der Waals surface area contributed by atoms with Gasteiger partial charge < -0.3 is 10.6 Å². The van der Waals surface area contributed by atoms with Crippen molar-refractivity contribution in [1.29, 1.82) is 0 Å². The average Bonchev–Trinajstić information content (AvgIpc) is 2.99. The molecule has 0 fully saturated rings. The molecule has 2 aromatic heterocycles. The molecule has 1 amide bonds. The Morgan fingerprint density at radius 2 is 2.19 bits per heavy atom. The fourth-order valence-corrected chi connectivity index (χ4v) is 2.47. The summed E-state index contributed by atoms with van der Waals surface area (Å²) in [4.78, 5) is 20.9. The van der Waals surface area contributed by atoms with Crippen LogP contribution in [0.5, 0.6) is 0 Å². The van der Waals surface area contributed by atoms with E-state index in [0.29, 0.717) is 17.9 Å². The minimum atomic E-state index is -0.0778. The van der Waals surface area contributed by atoms with Crippen LogP contribution < -0.4 is 10.6 Å². The molecule has 0 aliphatic heterocycles. The van der Waals surface area contributed by atoms with E-state index >= 15 is 0 Å². The third-order valence-corrected chi connectivity index (χ3v) is 3.74. The van der Waals surface area contributed by atoms with Crippen LogP contribution in [0, 0.1) is 0 Å². The van der Waals surface area contributed by atoms with Crippen LogP contribution in [0.3, 0.4) is 0 Å². The molecule has 0 spiro atoms. The Morgan fingerprint density at radius 1 is 1.38 bits per heavy atom. The van der Waals surface area contributed by atoms with Gasteiger partial charge in [-0.05, 0) is 18.1 Å². The average molecular weight is 304 g/mol. The molecule has 2 N–H and O–H groups in total. The first-order valence-electron chi connectivity index (χ1n) is 6.95. The molecule has 0 saturated carbocycles. The van der Waals surface area contributed by atoms with Crippen LogP contribution in [0.15, 0.2) is 23.0 Å². The zero-order valence-electron chi connectivity index (χ0n) is 12.5. The predicted molar refractivity (Wildman–Crippen MR) is 86.0 cm³/mol. The summed E-state index contributed by atoms with van der Waals surface area (Å²) < 4.78 is 0. The van der Waals surface area contributed by atoms with Gasteiger partial charge in [-0.3, -0.25) is 4.79 Å². The largest absolute Gasteiger partial charge is 0.373 e. The normalized spacial score (nSPS) is 10.7. The topological polar surface area (TPSA) is 66.9 Å². The van der Waals surface area contributed by atoms with Crippen molar-refractivity contribution in [1.82, 2.24) is 15.3 Å². The van der Waals surface area contributed by atoms with Gasteiger partial charge in [-0.15, -0.1) is 11.3 Å². The molecule has 0 bridgehead atoms. The number of carbonyl (C=O) groups excluding carboxylic acids is 1. The Bertz CT molecular complexity index is 596. The van der Waals surface area contributed by atoms with E-state index in [-0.39, 0.29) is 11.8 Å². The molecule has 0 saturated heterocycles. The highest BCUT2D eigenvalue weighted by molar-refractivity contribution is 7.07. The van der Waals surface area contributed by atoms with E-state index in [1.165, 1.54) is 0 Å². The van der Waals surface area contributed by atoms with Crippen molar-refractivity contribution in [2.45, 2.75) is 26.2 Å². The van der Waals surface area contributed by atoms with Crippen LogP contribution in [0.25, 0.3) is 0 Å². The number of hydrogen-bond donors (Lipinski definition) is 2. The number of carbonyl (C=O) groups is 1. The van der Waals surface area contributed by atoms with Gasteiger partial charge in [0.2, 0.25) is 0 Å². The van der Waals surface area contributed by atoms with E-state index in [1.807, 2.05) is 11.4 Å². The SMILES string of the molecule is CNc1cc(C(=O)NCCc2cscn2)cc(C(C)C)n1. The highest BCUT2D eigenvalue weighted by Gasteiger charge is 2.11. The Balaban J connectivity index is 2.02. The van der Waals surface area contributed by atoms with Crippen LogP contribution in [-0.4, -0.2) is 29.5 Å². The van der Waals surface area contributed by atoms with Gasteiger partial charge in [-0.2, -0.15) is 0 Å². The van der Waals surface area contributed by atoms with Crippen molar-refractivity contribution in [3.05, 3.63) is 40.0 Å². The summed E-state index contributed by atoms with van der Waals surface area (Å²) in [7, 11) is 1.80. The number of pyridine rings is 1. The molecule has 0 aromatic carbocycles. The van der Waals surface area contributed by atoms with Gasteiger partial charge in [-0.25, -0.2) is 9.97 Å². The van der Waals surface area contributed by atoms with E-state index in [1.54, 1.807) is 30.0 Å². The van der Waals surface area contributed by atoms with Crippen LogP contribution in [0.2, 0.25) is 0 Å². The molecular weight excluding hydrogens is 284 g/mol. The molecule has 0 aliphatic carbocycles. The number of rotatable bonds is 6. The minimum Gasteiger partial charge on any atom is -0.373 e. The molecule has 0 aliphatic rings. The van der Waals surface area contributed by atoms with E-state index in [9.17, 15) is 4.79 Å². The zero-order chi connectivity index (χ0) is 15.2. The van der Waals surface area contributed by atoms with E-state index in [2.05, 4.69) is 34.4 Å². The maximum atomic E-state index is 12.2. The van der Waals surface area contributed by atoms with E-state index < -0.39 is 0 Å². The number of aromatic nitrogens is 2. The lowest BCUT2D eigenvalue weighted by Crippen LogP contribution is -2.26. The van der Waals surface area contributed by atoms with Crippen LogP contribution in [0.1, 0.15) is 41.5 Å². The lowest BCUT2D eigenvalue weighted by Gasteiger charge is -2.11. The molecule has 2 heterocycles. The second-order valence-corrected chi connectivity index (χ2v) is 5.77. The lowest BCUT2D eigenvalue weighted by atomic mass is 10.1. The molecule has 112 valence electrons. The van der Waals surface area contributed by atoms with Gasteiger partial charge in [0.05, 0.1) is 11.2 Å². The van der Waals surface area contributed by atoms with E-state index in [4.69, 9.17) is 0 Å². The predicted octanol–water partition coefficient (Wildman–Crippen LogP) is 2.68. The number of hydrogen-bond acceptors (Lipinski definition) is 5. The second kappa shape index (κ2) is 7.17. The molecular formula is C15H20N4OS. The molecule has 2 aromatic rings. The first kappa shape index (κ1) is 15.4.